The lowest BCUT2D eigenvalue weighted by molar-refractivity contribution is -0.148. The van der Waals surface area contributed by atoms with E-state index in [2.05, 4.69) is 19.2 Å². The van der Waals surface area contributed by atoms with Gasteiger partial charge in [-0.1, -0.05) is 13.8 Å². The number of nitrogens with one attached hydrogen (secondary N) is 1. The summed E-state index contributed by atoms with van der Waals surface area (Å²) in [5, 5.41) is 2.58. The molecule has 0 aliphatic carbocycles. The van der Waals surface area contributed by atoms with E-state index in [0.29, 0.717) is 26.1 Å². The fourth-order valence-electron chi connectivity index (χ4n) is 2.39. The molecule has 0 aromatic carbocycles. The van der Waals surface area contributed by atoms with Gasteiger partial charge in [0.25, 0.3) is 0 Å². The van der Waals surface area contributed by atoms with Gasteiger partial charge < -0.3 is 20.7 Å². The number of rotatable bonds is 6. The maximum atomic E-state index is 12.3. The average molecular weight is 285 g/mol. The maximum absolute atomic E-state index is 12.3. The first-order chi connectivity index (χ1) is 9.41. The summed E-state index contributed by atoms with van der Waals surface area (Å²) < 4.78 is 5.30. The Morgan fingerprint density at radius 3 is 2.70 bits per heavy atom. The minimum atomic E-state index is -0.501. The third kappa shape index (κ3) is 4.76. The van der Waals surface area contributed by atoms with Crippen molar-refractivity contribution in [3.8, 4) is 0 Å². The zero-order valence-electron chi connectivity index (χ0n) is 12.8. The summed E-state index contributed by atoms with van der Waals surface area (Å²) in [7, 11) is 1.57. The van der Waals surface area contributed by atoms with E-state index < -0.39 is 6.04 Å². The summed E-state index contributed by atoms with van der Waals surface area (Å²) in [5.74, 6) is -0.147. The second-order valence-corrected chi connectivity index (χ2v) is 5.99. The van der Waals surface area contributed by atoms with Crippen LogP contribution < -0.4 is 11.1 Å². The monoisotopic (exact) mass is 285 g/mol. The molecule has 3 N–H and O–H groups in total. The van der Waals surface area contributed by atoms with Crippen molar-refractivity contribution in [1.29, 1.82) is 0 Å². The second kappa shape index (κ2) is 7.59. The topological polar surface area (TPSA) is 84.7 Å². The molecule has 1 heterocycles. The molecule has 6 nitrogen and oxygen atoms in total. The van der Waals surface area contributed by atoms with Crippen LogP contribution in [0.25, 0.3) is 0 Å². The quantitative estimate of drug-likeness (QED) is 0.725. The summed E-state index contributed by atoms with van der Waals surface area (Å²) in [5.41, 5.74) is 5.63. The molecule has 1 atom stereocenters. The normalized spacial score (nSPS) is 19.8. The van der Waals surface area contributed by atoms with E-state index in [-0.39, 0.29) is 23.8 Å². The van der Waals surface area contributed by atoms with E-state index in [9.17, 15) is 9.59 Å². The Hall–Kier alpha value is -1.14. The van der Waals surface area contributed by atoms with Gasteiger partial charge in [0, 0.05) is 20.0 Å². The maximum Gasteiger partial charge on any atom is 0.244 e. The number of carbonyl (C=O) groups excluding carboxylic acids is 2. The molecule has 0 saturated carbocycles. The minimum Gasteiger partial charge on any atom is -0.377 e. The number of morpholine rings is 1. The van der Waals surface area contributed by atoms with Gasteiger partial charge in [-0.3, -0.25) is 9.59 Å². The Balaban J connectivity index is 2.57. The molecule has 0 aromatic heterocycles. The van der Waals surface area contributed by atoms with Gasteiger partial charge in [0.2, 0.25) is 11.8 Å². The number of ether oxygens (including phenoxy) is 1. The Kier molecular flexibility index (Phi) is 6.42. The van der Waals surface area contributed by atoms with Gasteiger partial charge in [0.15, 0.2) is 0 Å². The van der Waals surface area contributed by atoms with Crippen LogP contribution in [0.15, 0.2) is 0 Å². The van der Waals surface area contributed by atoms with Gasteiger partial charge in [-0.05, 0) is 24.8 Å². The molecule has 20 heavy (non-hydrogen) atoms. The molecule has 116 valence electrons. The highest BCUT2D eigenvalue weighted by Gasteiger charge is 2.32. The number of amides is 2. The van der Waals surface area contributed by atoms with E-state index in [1.54, 1.807) is 11.9 Å². The third-order valence-corrected chi connectivity index (χ3v) is 3.83. The zero-order chi connectivity index (χ0) is 15.2. The molecule has 0 radical (unpaired) electrons. The van der Waals surface area contributed by atoms with Crippen LogP contribution in [0.1, 0.15) is 33.1 Å². The van der Waals surface area contributed by atoms with E-state index in [1.807, 2.05) is 0 Å². The lowest BCUT2D eigenvalue weighted by atomic mass is 9.84. The number of likely N-dealkylation sites (N-methyl/N-ethyl adjacent to an activating group) is 1. The van der Waals surface area contributed by atoms with E-state index in [0.717, 1.165) is 12.8 Å². The Labute approximate surface area is 121 Å². The van der Waals surface area contributed by atoms with Gasteiger partial charge in [0.1, 0.15) is 6.04 Å². The molecule has 0 aromatic rings. The van der Waals surface area contributed by atoms with Crippen molar-refractivity contribution in [1.82, 2.24) is 10.2 Å². The zero-order valence-corrected chi connectivity index (χ0v) is 12.8. The summed E-state index contributed by atoms with van der Waals surface area (Å²) >= 11 is 0. The Bertz CT molecular complexity index is 345. The summed E-state index contributed by atoms with van der Waals surface area (Å²) in [4.78, 5) is 25.8. The van der Waals surface area contributed by atoms with E-state index in [1.165, 1.54) is 0 Å². The largest absolute Gasteiger partial charge is 0.377 e. The van der Waals surface area contributed by atoms with Crippen LogP contribution in [-0.2, 0) is 14.3 Å². The van der Waals surface area contributed by atoms with Crippen molar-refractivity contribution in [3.05, 3.63) is 0 Å². The van der Waals surface area contributed by atoms with Crippen molar-refractivity contribution in [3.63, 3.8) is 0 Å². The van der Waals surface area contributed by atoms with Crippen LogP contribution in [0.5, 0.6) is 0 Å². The predicted octanol–water partition coefficient (Wildman–Crippen LogP) is 0.115. The molecule has 0 spiro atoms. The first kappa shape index (κ1) is 16.9. The molecule has 2 amide bonds. The van der Waals surface area contributed by atoms with Crippen LogP contribution in [-0.4, -0.2) is 56.1 Å². The molecule has 1 fully saturated rings. The first-order valence-electron chi connectivity index (χ1n) is 7.20. The number of hydrogen-bond donors (Lipinski definition) is 2. The van der Waals surface area contributed by atoms with E-state index in [4.69, 9.17) is 10.5 Å². The van der Waals surface area contributed by atoms with Crippen molar-refractivity contribution >= 4 is 11.8 Å². The molecule has 1 saturated heterocycles. The molecule has 1 unspecified atom stereocenters. The molecule has 1 aliphatic rings. The standard InChI is InChI=1S/C14H27N3O3/c1-14(2,6-7-15)5-4-12(18)17-8-9-20-10-11(17)13(19)16-3/h11H,4-10,15H2,1-3H3,(H,16,19). The first-order valence-corrected chi connectivity index (χ1v) is 7.20. The smallest absolute Gasteiger partial charge is 0.244 e. The van der Waals surface area contributed by atoms with Gasteiger partial charge in [-0.15, -0.1) is 0 Å². The van der Waals surface area contributed by atoms with Crippen molar-refractivity contribution in [2.45, 2.75) is 39.2 Å². The highest BCUT2D eigenvalue weighted by Crippen LogP contribution is 2.26. The predicted molar refractivity (Wildman–Crippen MR) is 77.1 cm³/mol. The summed E-state index contributed by atoms with van der Waals surface area (Å²) in [6.07, 6.45) is 2.11. The Morgan fingerprint density at radius 1 is 1.40 bits per heavy atom. The fourth-order valence-corrected chi connectivity index (χ4v) is 2.39. The lowest BCUT2D eigenvalue weighted by Crippen LogP contribution is -2.55. The van der Waals surface area contributed by atoms with Crippen molar-refractivity contribution in [2.24, 2.45) is 11.1 Å². The van der Waals surface area contributed by atoms with E-state index >= 15 is 0 Å². The van der Waals surface area contributed by atoms with Crippen LogP contribution in [0, 0.1) is 5.41 Å². The third-order valence-electron chi connectivity index (χ3n) is 3.83. The lowest BCUT2D eigenvalue weighted by Gasteiger charge is -2.35. The van der Waals surface area contributed by atoms with Gasteiger partial charge in [0.05, 0.1) is 13.2 Å². The molecular formula is C14H27N3O3. The molecule has 6 heteroatoms. The van der Waals surface area contributed by atoms with Crippen LogP contribution in [0.4, 0.5) is 0 Å². The number of nitrogens with zero attached hydrogens (tertiary/aromatic N) is 1. The van der Waals surface area contributed by atoms with Crippen LogP contribution in [0.3, 0.4) is 0 Å². The molecule has 1 rings (SSSR count). The van der Waals surface area contributed by atoms with Gasteiger partial charge in [-0.25, -0.2) is 0 Å². The molecular weight excluding hydrogens is 258 g/mol. The SMILES string of the molecule is CNC(=O)C1COCCN1C(=O)CCC(C)(C)CCN. The van der Waals surface area contributed by atoms with Crippen LogP contribution in [0.2, 0.25) is 0 Å². The molecule has 1 aliphatic heterocycles. The average Bonchev–Trinajstić information content (AvgIpc) is 2.44. The number of nitrogens with two attached hydrogens (primary N) is 1. The second-order valence-electron chi connectivity index (χ2n) is 5.99. The van der Waals surface area contributed by atoms with Crippen LogP contribution >= 0.6 is 0 Å². The molecule has 0 bridgehead atoms. The highest BCUT2D eigenvalue weighted by molar-refractivity contribution is 5.87. The summed E-state index contributed by atoms with van der Waals surface area (Å²) in [6.45, 7) is 6.10. The van der Waals surface area contributed by atoms with Crippen molar-refractivity contribution in [2.75, 3.05) is 33.4 Å². The number of hydrogen-bond acceptors (Lipinski definition) is 4. The minimum absolute atomic E-state index is 0.0204. The fraction of sp³-hybridized carbons (Fsp3) is 0.857. The highest BCUT2D eigenvalue weighted by atomic mass is 16.5. The Morgan fingerprint density at radius 2 is 2.10 bits per heavy atom. The van der Waals surface area contributed by atoms with Gasteiger partial charge >= 0.3 is 0 Å². The van der Waals surface area contributed by atoms with Gasteiger partial charge in [-0.2, -0.15) is 0 Å². The van der Waals surface area contributed by atoms with Crippen molar-refractivity contribution < 1.29 is 14.3 Å². The summed E-state index contributed by atoms with van der Waals surface area (Å²) in [6, 6.07) is -0.501. The number of carbonyl (C=O) groups is 2.